The normalized spacial score (nSPS) is 20.1. The summed E-state index contributed by atoms with van der Waals surface area (Å²) in [6.45, 7) is 7.60. The molecule has 38 heavy (non-hydrogen) atoms. The number of unbranched alkanes of at least 4 members (excludes halogenated alkanes) is 9. The van der Waals surface area contributed by atoms with Crippen LogP contribution < -0.4 is 20.5 Å². The minimum absolute atomic E-state index is 0.0274. The van der Waals surface area contributed by atoms with Crippen LogP contribution in [0.5, 0.6) is 5.75 Å². The van der Waals surface area contributed by atoms with Gasteiger partial charge in [-0.1, -0.05) is 82.6 Å². The summed E-state index contributed by atoms with van der Waals surface area (Å²) in [5.41, 5.74) is 1.69. The molecule has 1 aliphatic rings. The fraction of sp³-hybridized carbons (Fsp3) is 0.533. The molecule has 5 N–H and O–H groups in total. The molecule has 2 aromatic rings. The van der Waals surface area contributed by atoms with Gasteiger partial charge in [-0.3, -0.25) is 4.90 Å². The Morgan fingerprint density at radius 2 is 1.50 bits per heavy atom. The molecular formula is C30H45N3O5. The minimum atomic E-state index is -1.42. The second kappa shape index (κ2) is 14.2. The van der Waals surface area contributed by atoms with Gasteiger partial charge in [-0.25, -0.2) is 10.4 Å². The lowest BCUT2D eigenvalue weighted by molar-refractivity contribution is -0.996. The van der Waals surface area contributed by atoms with Crippen LogP contribution in [0.4, 0.5) is 17.1 Å². The number of quaternary nitrogens is 3. The van der Waals surface area contributed by atoms with Gasteiger partial charge in [-0.05, 0) is 50.1 Å². The SMILES string of the molecule is CCCCCCCCCCCC[NH+]1c2ccccc2C(C)(C)C1C=Cc1cc([NH+]([O-])O)cc([NH+]([O-])O)c1[O-]. The first kappa shape index (κ1) is 30.2. The van der Waals surface area contributed by atoms with Gasteiger partial charge in [-0.2, -0.15) is 10.5 Å². The Balaban J connectivity index is 1.72. The zero-order valence-electron chi connectivity index (χ0n) is 23.1. The highest BCUT2D eigenvalue weighted by atomic mass is 16.8. The average Bonchev–Trinajstić information content (AvgIpc) is 3.10. The maximum absolute atomic E-state index is 12.8. The van der Waals surface area contributed by atoms with Gasteiger partial charge >= 0.3 is 0 Å². The molecule has 0 amide bonds. The van der Waals surface area contributed by atoms with Crippen molar-refractivity contribution in [3.8, 4) is 5.75 Å². The Labute approximate surface area is 226 Å². The van der Waals surface area contributed by atoms with E-state index in [2.05, 4.69) is 45.0 Å². The average molecular weight is 528 g/mol. The highest BCUT2D eigenvalue weighted by Crippen LogP contribution is 2.37. The first-order valence-electron chi connectivity index (χ1n) is 14.1. The van der Waals surface area contributed by atoms with E-state index in [1.54, 1.807) is 6.08 Å². The van der Waals surface area contributed by atoms with Crippen LogP contribution >= 0.6 is 0 Å². The number of hydrogen-bond donors (Lipinski definition) is 5. The van der Waals surface area contributed by atoms with Gasteiger partial charge in [0.2, 0.25) is 0 Å². The Bertz CT molecular complexity index is 1050. The van der Waals surface area contributed by atoms with Gasteiger partial charge in [0.15, 0.2) is 11.4 Å². The Kier molecular flexibility index (Phi) is 11.3. The lowest BCUT2D eigenvalue weighted by atomic mass is 9.80. The second-order valence-electron chi connectivity index (χ2n) is 11.1. The third-order valence-electron chi connectivity index (χ3n) is 7.98. The number of fused-ring (bicyclic) bond motifs is 1. The van der Waals surface area contributed by atoms with Gasteiger partial charge in [0.25, 0.3) is 0 Å². The summed E-state index contributed by atoms with van der Waals surface area (Å²) in [7, 11) is 0. The van der Waals surface area contributed by atoms with Crippen molar-refractivity contribution in [2.45, 2.75) is 96.4 Å². The minimum Gasteiger partial charge on any atom is -0.868 e. The van der Waals surface area contributed by atoms with Crippen LogP contribution in [-0.2, 0) is 5.41 Å². The second-order valence-corrected chi connectivity index (χ2v) is 11.1. The highest BCUT2D eigenvalue weighted by molar-refractivity contribution is 5.68. The van der Waals surface area contributed by atoms with Crippen LogP contribution in [0.1, 0.15) is 96.1 Å². The largest absolute Gasteiger partial charge is 0.868 e. The quantitative estimate of drug-likeness (QED) is 0.180. The summed E-state index contributed by atoms with van der Waals surface area (Å²) in [4.78, 5) is 1.33. The predicted octanol–water partition coefficient (Wildman–Crippen LogP) is 3.38. The standard InChI is InChI=1S/C30H45N3O5/c1-4-5-6-7-8-9-10-11-12-15-20-31-26-17-14-13-16-25(26)30(2,3)28(31)19-18-23-21-24(32(35)36)22-27(29(23)34)33(37)38/h13-14,16-19,21-22,28,32-35,37H,4-12,15,20H2,1-3H3. The van der Waals surface area contributed by atoms with Gasteiger partial charge in [0, 0.05) is 11.6 Å². The van der Waals surface area contributed by atoms with Crippen molar-refractivity contribution in [3.05, 3.63) is 64.0 Å². The molecule has 4 atom stereocenters. The molecule has 0 spiro atoms. The van der Waals surface area contributed by atoms with E-state index in [4.69, 9.17) is 0 Å². The summed E-state index contributed by atoms with van der Waals surface area (Å²) in [6.07, 6.45) is 16.4. The Morgan fingerprint density at radius 3 is 2.11 bits per heavy atom. The monoisotopic (exact) mass is 527 g/mol. The lowest BCUT2D eigenvalue weighted by Gasteiger charge is -2.28. The Morgan fingerprint density at radius 1 is 0.895 bits per heavy atom. The van der Waals surface area contributed by atoms with Crippen LogP contribution in [0.15, 0.2) is 42.5 Å². The van der Waals surface area contributed by atoms with Crippen molar-refractivity contribution in [2.75, 3.05) is 6.54 Å². The van der Waals surface area contributed by atoms with E-state index in [1.807, 2.05) is 6.08 Å². The number of para-hydroxylation sites is 1. The zero-order valence-corrected chi connectivity index (χ0v) is 23.1. The van der Waals surface area contributed by atoms with Crippen molar-refractivity contribution in [2.24, 2.45) is 0 Å². The molecule has 3 rings (SSSR count). The number of hydrogen-bond acceptors (Lipinski definition) is 5. The van der Waals surface area contributed by atoms with Crippen LogP contribution in [0.25, 0.3) is 6.08 Å². The molecule has 0 fully saturated rings. The predicted molar refractivity (Wildman–Crippen MR) is 147 cm³/mol. The number of rotatable bonds is 15. The van der Waals surface area contributed by atoms with Crippen molar-refractivity contribution in [3.63, 3.8) is 0 Å². The molecule has 210 valence electrons. The van der Waals surface area contributed by atoms with Gasteiger partial charge in [0.05, 0.1) is 18.0 Å². The van der Waals surface area contributed by atoms with E-state index < -0.39 is 21.9 Å². The number of benzene rings is 2. The van der Waals surface area contributed by atoms with Crippen LogP contribution in [0, 0.1) is 10.4 Å². The molecular weight excluding hydrogens is 482 g/mol. The van der Waals surface area contributed by atoms with Gasteiger partial charge < -0.3 is 15.5 Å². The van der Waals surface area contributed by atoms with E-state index in [-0.39, 0.29) is 22.7 Å². The summed E-state index contributed by atoms with van der Waals surface area (Å²) < 4.78 is 0. The zero-order chi connectivity index (χ0) is 27.7. The maximum Gasteiger partial charge on any atom is 0.170 e. The topological polar surface area (TPSA) is 123 Å². The molecule has 0 bridgehead atoms. The fourth-order valence-corrected chi connectivity index (χ4v) is 5.80. The smallest absolute Gasteiger partial charge is 0.170 e. The molecule has 2 aromatic carbocycles. The maximum atomic E-state index is 12.8. The Hall–Kier alpha value is -2.30. The first-order valence-corrected chi connectivity index (χ1v) is 14.1. The molecule has 4 unspecified atom stereocenters. The van der Waals surface area contributed by atoms with Crippen LogP contribution in [-0.4, -0.2) is 23.0 Å². The third kappa shape index (κ3) is 7.42. The van der Waals surface area contributed by atoms with Crippen LogP contribution in [0.3, 0.4) is 0 Å². The van der Waals surface area contributed by atoms with E-state index in [1.165, 1.54) is 80.0 Å². The molecule has 0 aromatic heterocycles. The molecule has 8 heteroatoms. The lowest BCUT2D eigenvalue weighted by Crippen LogP contribution is -3.10. The van der Waals surface area contributed by atoms with Crippen molar-refractivity contribution in [1.82, 2.24) is 0 Å². The summed E-state index contributed by atoms with van der Waals surface area (Å²) in [5.74, 6) is -0.664. The molecule has 1 aliphatic heterocycles. The van der Waals surface area contributed by atoms with Gasteiger partial charge in [0.1, 0.15) is 11.7 Å². The number of nitrogens with one attached hydrogen (secondary N) is 3. The summed E-state index contributed by atoms with van der Waals surface area (Å²) >= 11 is 0. The van der Waals surface area contributed by atoms with Crippen LogP contribution in [0.2, 0.25) is 0 Å². The van der Waals surface area contributed by atoms with Gasteiger partial charge in [-0.15, -0.1) is 0 Å². The van der Waals surface area contributed by atoms with Crippen molar-refractivity contribution >= 4 is 23.1 Å². The summed E-state index contributed by atoms with van der Waals surface area (Å²) in [5, 5.41) is 52.1. The third-order valence-corrected chi connectivity index (χ3v) is 7.98. The van der Waals surface area contributed by atoms with Crippen molar-refractivity contribution < 1.29 is 30.9 Å². The highest BCUT2D eigenvalue weighted by Gasteiger charge is 2.47. The first-order chi connectivity index (χ1) is 18.2. The fourth-order valence-electron chi connectivity index (χ4n) is 5.80. The van der Waals surface area contributed by atoms with Crippen molar-refractivity contribution in [1.29, 1.82) is 0 Å². The van der Waals surface area contributed by atoms with E-state index in [9.17, 15) is 25.9 Å². The van der Waals surface area contributed by atoms with E-state index >= 15 is 0 Å². The molecule has 0 saturated heterocycles. The molecule has 0 radical (unpaired) electrons. The molecule has 0 aliphatic carbocycles. The molecule has 1 heterocycles. The van der Waals surface area contributed by atoms with E-state index in [0.29, 0.717) is 0 Å². The molecule has 8 nitrogen and oxygen atoms in total. The molecule has 0 saturated carbocycles. The van der Waals surface area contributed by atoms with E-state index in [0.717, 1.165) is 19.0 Å². The summed E-state index contributed by atoms with van der Waals surface area (Å²) in [6, 6.07) is 10.7.